The quantitative estimate of drug-likeness (QED) is 0.747. The molecule has 158 valence electrons. The van der Waals surface area contributed by atoms with Gasteiger partial charge < -0.3 is 15.0 Å². The Hall–Kier alpha value is -2.91. The highest BCUT2D eigenvalue weighted by molar-refractivity contribution is 7.90. The van der Waals surface area contributed by atoms with Gasteiger partial charge in [-0.25, -0.2) is 4.79 Å². The summed E-state index contributed by atoms with van der Waals surface area (Å²) in [6.07, 6.45) is 0. The number of methoxy groups -OCH3 is 1. The summed E-state index contributed by atoms with van der Waals surface area (Å²) in [6, 6.07) is 14.4. The van der Waals surface area contributed by atoms with Crippen LogP contribution in [0.25, 0.3) is 0 Å². The largest absolute Gasteiger partial charge is 0.465 e. The average molecular weight is 429 g/mol. The Bertz CT molecular complexity index is 1080. The molecule has 2 heterocycles. The third-order valence-corrected chi connectivity index (χ3v) is 6.82. The molecule has 0 spiro atoms. The molecule has 2 aromatic rings. The standard InChI is InChI=1S/C21H24N4O4S/c1-15-13-25(17-9-7-16(8-10-17)21(26)29-2)12-11-24(15)14-20-22-18-5-3-4-6-19(18)30(27,28)23-20/h3-10,15H,11-14H2,1-2H3,(H,22,23). The van der Waals surface area contributed by atoms with Crippen molar-refractivity contribution in [3.8, 4) is 0 Å². The summed E-state index contributed by atoms with van der Waals surface area (Å²) in [6.45, 7) is 4.89. The zero-order chi connectivity index (χ0) is 21.3. The maximum absolute atomic E-state index is 12.5. The second-order valence-electron chi connectivity index (χ2n) is 7.44. The van der Waals surface area contributed by atoms with Crippen LogP contribution in [-0.2, 0) is 14.8 Å². The Kier molecular flexibility index (Phi) is 5.48. The molecule has 0 saturated carbocycles. The molecule has 1 saturated heterocycles. The highest BCUT2D eigenvalue weighted by Crippen LogP contribution is 2.27. The van der Waals surface area contributed by atoms with Crippen molar-refractivity contribution < 1.29 is 17.9 Å². The van der Waals surface area contributed by atoms with E-state index in [2.05, 4.69) is 26.4 Å². The maximum atomic E-state index is 12.5. The number of nitrogens with zero attached hydrogens (tertiary/aromatic N) is 3. The number of carbonyl (C=O) groups excluding carboxylic acids is 1. The molecule has 8 nitrogen and oxygen atoms in total. The SMILES string of the molecule is COC(=O)c1ccc(N2CCN(CC3=NS(=O)(=O)c4ccccc4N3)C(C)C2)cc1. The summed E-state index contributed by atoms with van der Waals surface area (Å²) in [7, 11) is -2.31. The Morgan fingerprint density at radius 2 is 1.90 bits per heavy atom. The molecule has 1 unspecified atom stereocenters. The summed E-state index contributed by atoms with van der Waals surface area (Å²) in [5.41, 5.74) is 2.13. The van der Waals surface area contributed by atoms with Crippen LogP contribution in [0.4, 0.5) is 11.4 Å². The second-order valence-corrected chi connectivity index (χ2v) is 9.01. The predicted octanol–water partition coefficient (Wildman–Crippen LogP) is 2.20. The monoisotopic (exact) mass is 428 g/mol. The number of sulfonamides is 1. The first-order chi connectivity index (χ1) is 14.4. The lowest BCUT2D eigenvalue weighted by atomic mass is 10.1. The van der Waals surface area contributed by atoms with E-state index in [0.717, 1.165) is 25.3 Å². The molecule has 2 aliphatic rings. The number of carbonyl (C=O) groups is 1. The van der Waals surface area contributed by atoms with Crippen molar-refractivity contribution in [1.29, 1.82) is 0 Å². The van der Waals surface area contributed by atoms with Crippen molar-refractivity contribution in [3.63, 3.8) is 0 Å². The number of piperazine rings is 1. The number of amidine groups is 1. The molecule has 2 aliphatic heterocycles. The van der Waals surface area contributed by atoms with Crippen molar-refractivity contribution in [2.45, 2.75) is 17.9 Å². The summed E-state index contributed by atoms with van der Waals surface area (Å²) in [5.74, 6) is 0.0912. The fourth-order valence-corrected chi connectivity index (χ4v) is 4.96. The number of fused-ring (bicyclic) bond motifs is 1. The maximum Gasteiger partial charge on any atom is 0.337 e. The van der Waals surface area contributed by atoms with Gasteiger partial charge in [-0.15, -0.1) is 4.40 Å². The van der Waals surface area contributed by atoms with Crippen LogP contribution in [0.1, 0.15) is 17.3 Å². The van der Waals surface area contributed by atoms with E-state index < -0.39 is 10.0 Å². The van der Waals surface area contributed by atoms with Crippen molar-refractivity contribution in [3.05, 3.63) is 54.1 Å². The van der Waals surface area contributed by atoms with E-state index in [9.17, 15) is 13.2 Å². The Balaban J connectivity index is 1.42. The summed E-state index contributed by atoms with van der Waals surface area (Å²) in [4.78, 5) is 16.3. The lowest BCUT2D eigenvalue weighted by molar-refractivity contribution is 0.0600. The smallest absolute Gasteiger partial charge is 0.337 e. The fraction of sp³-hybridized carbons (Fsp3) is 0.333. The van der Waals surface area contributed by atoms with E-state index in [1.54, 1.807) is 36.4 Å². The molecule has 1 fully saturated rings. The Morgan fingerprint density at radius 3 is 2.60 bits per heavy atom. The number of hydrogen-bond donors (Lipinski definition) is 1. The van der Waals surface area contributed by atoms with E-state index in [1.165, 1.54) is 7.11 Å². The molecule has 0 amide bonds. The number of anilines is 2. The van der Waals surface area contributed by atoms with E-state index in [1.807, 2.05) is 12.1 Å². The first-order valence-corrected chi connectivity index (χ1v) is 11.2. The Labute approximate surface area is 176 Å². The highest BCUT2D eigenvalue weighted by Gasteiger charge is 2.29. The van der Waals surface area contributed by atoms with Crippen LogP contribution in [0, 0.1) is 0 Å². The normalized spacial score (nSPS) is 20.7. The van der Waals surface area contributed by atoms with Crippen molar-refractivity contribution in [2.75, 3.05) is 43.5 Å². The fourth-order valence-electron chi connectivity index (χ4n) is 3.82. The minimum atomic E-state index is -3.68. The van der Waals surface area contributed by atoms with Crippen LogP contribution < -0.4 is 10.2 Å². The van der Waals surface area contributed by atoms with Crippen LogP contribution in [0.2, 0.25) is 0 Å². The lowest BCUT2D eigenvalue weighted by Crippen LogP contribution is -2.54. The summed E-state index contributed by atoms with van der Waals surface area (Å²) in [5, 5.41) is 3.16. The lowest BCUT2D eigenvalue weighted by Gasteiger charge is -2.41. The molecule has 0 aliphatic carbocycles. The van der Waals surface area contributed by atoms with Gasteiger partial charge in [-0.05, 0) is 43.3 Å². The summed E-state index contributed by atoms with van der Waals surface area (Å²) < 4.78 is 33.6. The molecular weight excluding hydrogens is 404 g/mol. The molecule has 9 heteroatoms. The zero-order valence-corrected chi connectivity index (χ0v) is 17.7. The molecule has 0 aromatic heterocycles. The Morgan fingerprint density at radius 1 is 1.17 bits per heavy atom. The molecule has 0 radical (unpaired) electrons. The minimum Gasteiger partial charge on any atom is -0.465 e. The number of esters is 1. The minimum absolute atomic E-state index is 0.198. The molecule has 30 heavy (non-hydrogen) atoms. The molecule has 1 atom stereocenters. The van der Waals surface area contributed by atoms with Gasteiger partial charge in [-0.2, -0.15) is 8.42 Å². The molecule has 1 N–H and O–H groups in total. The van der Waals surface area contributed by atoms with Gasteiger partial charge >= 0.3 is 5.97 Å². The van der Waals surface area contributed by atoms with Crippen LogP contribution in [0.5, 0.6) is 0 Å². The van der Waals surface area contributed by atoms with Gasteiger partial charge in [0.25, 0.3) is 10.0 Å². The van der Waals surface area contributed by atoms with Crippen molar-refractivity contribution in [2.24, 2.45) is 4.40 Å². The zero-order valence-electron chi connectivity index (χ0n) is 16.9. The first kappa shape index (κ1) is 20.4. The van der Waals surface area contributed by atoms with E-state index in [-0.39, 0.29) is 16.9 Å². The molecule has 0 bridgehead atoms. The second kappa shape index (κ2) is 8.08. The van der Waals surface area contributed by atoms with E-state index in [0.29, 0.717) is 23.6 Å². The first-order valence-electron chi connectivity index (χ1n) is 9.74. The van der Waals surface area contributed by atoms with Gasteiger partial charge in [0.15, 0.2) is 0 Å². The summed E-state index contributed by atoms with van der Waals surface area (Å²) >= 11 is 0. The topological polar surface area (TPSA) is 91.3 Å². The highest BCUT2D eigenvalue weighted by atomic mass is 32.2. The van der Waals surface area contributed by atoms with Crippen LogP contribution in [0.15, 0.2) is 57.8 Å². The van der Waals surface area contributed by atoms with Gasteiger partial charge in [0.1, 0.15) is 10.7 Å². The third kappa shape index (κ3) is 4.03. The number of nitrogens with one attached hydrogen (secondary N) is 1. The number of rotatable bonds is 4. The third-order valence-electron chi connectivity index (χ3n) is 5.45. The molecular formula is C21H24N4O4S. The van der Waals surface area contributed by atoms with Gasteiger partial charge in [0.2, 0.25) is 0 Å². The van der Waals surface area contributed by atoms with Crippen LogP contribution >= 0.6 is 0 Å². The van der Waals surface area contributed by atoms with E-state index >= 15 is 0 Å². The number of hydrogen-bond acceptors (Lipinski definition) is 7. The van der Waals surface area contributed by atoms with Crippen LogP contribution in [-0.4, -0.2) is 64.5 Å². The van der Waals surface area contributed by atoms with Gasteiger partial charge in [-0.1, -0.05) is 12.1 Å². The molecule has 2 aromatic carbocycles. The average Bonchev–Trinajstić information content (AvgIpc) is 2.74. The van der Waals surface area contributed by atoms with Crippen LogP contribution in [0.3, 0.4) is 0 Å². The number of para-hydroxylation sites is 1. The van der Waals surface area contributed by atoms with Crippen molar-refractivity contribution >= 4 is 33.2 Å². The van der Waals surface area contributed by atoms with Gasteiger partial charge in [0, 0.05) is 31.4 Å². The van der Waals surface area contributed by atoms with Gasteiger partial charge in [0.05, 0.1) is 24.9 Å². The molecule has 4 rings (SSSR count). The number of ether oxygens (including phenoxy) is 1. The van der Waals surface area contributed by atoms with Crippen molar-refractivity contribution in [1.82, 2.24) is 4.90 Å². The number of benzene rings is 2. The predicted molar refractivity (Wildman–Crippen MR) is 116 cm³/mol. The van der Waals surface area contributed by atoms with Gasteiger partial charge in [-0.3, -0.25) is 4.90 Å². The van der Waals surface area contributed by atoms with E-state index in [4.69, 9.17) is 4.74 Å².